The minimum atomic E-state index is -4.36. The van der Waals surface area contributed by atoms with Crippen LogP contribution in [0.3, 0.4) is 0 Å². The van der Waals surface area contributed by atoms with Crippen LogP contribution in [0.1, 0.15) is 25.3 Å². The van der Waals surface area contributed by atoms with Crippen molar-refractivity contribution in [2.75, 3.05) is 19.7 Å². The number of amides is 1. The summed E-state index contributed by atoms with van der Waals surface area (Å²) >= 11 is 0. The quantitative estimate of drug-likeness (QED) is 0.459. The van der Waals surface area contributed by atoms with Crippen molar-refractivity contribution >= 4 is 25.8 Å². The normalized spacial score (nSPS) is 14.6. The number of nitrogens with one attached hydrogen (secondary N) is 2. The van der Waals surface area contributed by atoms with Crippen molar-refractivity contribution in [3.05, 3.63) is 48.0 Å². The van der Waals surface area contributed by atoms with E-state index in [2.05, 4.69) is 21.9 Å². The number of phenolic OH excluding ortho intramolecular Hbond substituents is 1. The summed E-state index contributed by atoms with van der Waals surface area (Å²) in [5, 5.41) is 13.0. The van der Waals surface area contributed by atoms with Crippen LogP contribution in [0.15, 0.2) is 52.3 Å². The first-order valence-corrected chi connectivity index (χ1v) is 13.7. The SMILES string of the molecule is CC#CCOc1ccc(S(=O)(=O)Cc2cc(O)ccc2S(=O)(=O)NC(=O)C2CCNCC2)cc1. The lowest BCUT2D eigenvalue weighted by atomic mass is 9.98. The Balaban J connectivity index is 1.83. The molecular weight excluding hydrogens is 480 g/mol. The minimum Gasteiger partial charge on any atom is -0.508 e. The molecule has 0 saturated carbocycles. The summed E-state index contributed by atoms with van der Waals surface area (Å²) in [6.07, 6.45) is 1.01. The van der Waals surface area contributed by atoms with E-state index in [9.17, 15) is 26.7 Å². The summed E-state index contributed by atoms with van der Waals surface area (Å²) in [4.78, 5) is 12.1. The fourth-order valence-corrected chi connectivity index (χ4v) is 6.24. The van der Waals surface area contributed by atoms with E-state index in [0.29, 0.717) is 31.7 Å². The number of ether oxygens (including phenoxy) is 1. The number of benzene rings is 2. The van der Waals surface area contributed by atoms with Crippen LogP contribution < -0.4 is 14.8 Å². The van der Waals surface area contributed by atoms with E-state index >= 15 is 0 Å². The number of carbonyl (C=O) groups excluding carboxylic acids is 1. The first-order valence-electron chi connectivity index (χ1n) is 10.6. The Hall–Kier alpha value is -3.07. The van der Waals surface area contributed by atoms with Crippen LogP contribution in [-0.2, 0) is 30.4 Å². The van der Waals surface area contributed by atoms with E-state index < -0.39 is 37.4 Å². The van der Waals surface area contributed by atoms with Crippen LogP contribution in [0, 0.1) is 17.8 Å². The van der Waals surface area contributed by atoms with Gasteiger partial charge in [0.2, 0.25) is 5.91 Å². The predicted molar refractivity (Wildman–Crippen MR) is 125 cm³/mol. The summed E-state index contributed by atoms with van der Waals surface area (Å²) in [7, 11) is -8.34. The number of piperidine rings is 1. The van der Waals surface area contributed by atoms with Crippen LogP contribution in [0.5, 0.6) is 11.5 Å². The van der Waals surface area contributed by atoms with Gasteiger partial charge in [0, 0.05) is 5.92 Å². The number of phenols is 1. The summed E-state index contributed by atoms with van der Waals surface area (Å²) in [6, 6.07) is 8.93. The van der Waals surface area contributed by atoms with Crippen LogP contribution in [0.2, 0.25) is 0 Å². The lowest BCUT2D eigenvalue weighted by Crippen LogP contribution is -2.40. The Labute approximate surface area is 199 Å². The van der Waals surface area contributed by atoms with E-state index in [1.807, 2.05) is 0 Å². The molecule has 3 N–H and O–H groups in total. The smallest absolute Gasteiger partial charge is 0.264 e. The first-order chi connectivity index (χ1) is 16.1. The number of aromatic hydroxyl groups is 1. The van der Waals surface area contributed by atoms with Gasteiger partial charge >= 0.3 is 0 Å². The molecule has 34 heavy (non-hydrogen) atoms. The largest absolute Gasteiger partial charge is 0.508 e. The number of hydrogen-bond acceptors (Lipinski definition) is 8. The highest BCUT2D eigenvalue weighted by Crippen LogP contribution is 2.27. The fourth-order valence-electron chi connectivity index (χ4n) is 3.52. The van der Waals surface area contributed by atoms with Gasteiger partial charge in [0.05, 0.1) is 15.5 Å². The molecule has 0 unspecified atom stereocenters. The Morgan fingerprint density at radius 3 is 2.44 bits per heavy atom. The fraction of sp³-hybridized carbons (Fsp3) is 0.348. The van der Waals surface area contributed by atoms with E-state index in [0.717, 1.165) is 18.2 Å². The number of sulfonamides is 1. The van der Waals surface area contributed by atoms with Crippen molar-refractivity contribution < 1.29 is 31.5 Å². The third-order valence-corrected chi connectivity index (χ3v) is 8.42. The summed E-state index contributed by atoms with van der Waals surface area (Å²) < 4.78 is 59.3. The maximum Gasteiger partial charge on any atom is 0.264 e. The molecule has 1 fully saturated rings. The second-order valence-corrected chi connectivity index (χ2v) is 11.4. The molecule has 1 aliphatic rings. The molecule has 1 saturated heterocycles. The maximum atomic E-state index is 13.0. The molecule has 1 amide bonds. The van der Waals surface area contributed by atoms with Gasteiger partial charge < -0.3 is 15.2 Å². The zero-order valence-electron chi connectivity index (χ0n) is 18.6. The Morgan fingerprint density at radius 2 is 1.79 bits per heavy atom. The molecule has 0 atom stereocenters. The van der Waals surface area contributed by atoms with Crippen molar-refractivity contribution in [1.29, 1.82) is 0 Å². The van der Waals surface area contributed by atoms with Gasteiger partial charge in [-0.1, -0.05) is 5.92 Å². The van der Waals surface area contributed by atoms with Crippen LogP contribution in [0.25, 0.3) is 0 Å². The Morgan fingerprint density at radius 1 is 1.12 bits per heavy atom. The number of sulfone groups is 1. The van der Waals surface area contributed by atoms with Gasteiger partial charge in [-0.25, -0.2) is 21.6 Å². The minimum absolute atomic E-state index is 0.0492. The highest BCUT2D eigenvalue weighted by atomic mass is 32.2. The van der Waals surface area contributed by atoms with Gasteiger partial charge in [-0.3, -0.25) is 4.79 Å². The maximum absolute atomic E-state index is 13.0. The number of rotatable bonds is 8. The number of hydrogen-bond donors (Lipinski definition) is 3. The van der Waals surface area contributed by atoms with Crippen LogP contribution in [-0.4, -0.2) is 47.5 Å². The molecule has 1 aliphatic heterocycles. The molecule has 11 heteroatoms. The molecule has 0 bridgehead atoms. The lowest BCUT2D eigenvalue weighted by molar-refractivity contribution is -0.123. The Bertz CT molecular complexity index is 1300. The second kappa shape index (κ2) is 10.9. The molecule has 1 heterocycles. The molecule has 2 aromatic carbocycles. The van der Waals surface area contributed by atoms with Gasteiger partial charge in [0.15, 0.2) is 9.84 Å². The van der Waals surface area contributed by atoms with Gasteiger partial charge in [-0.2, -0.15) is 0 Å². The van der Waals surface area contributed by atoms with E-state index in [-0.39, 0.29) is 27.7 Å². The van der Waals surface area contributed by atoms with Crippen molar-refractivity contribution in [1.82, 2.24) is 10.0 Å². The van der Waals surface area contributed by atoms with Crippen molar-refractivity contribution in [3.8, 4) is 23.3 Å². The van der Waals surface area contributed by atoms with E-state index in [1.165, 1.54) is 24.3 Å². The molecule has 3 rings (SSSR count). The second-order valence-electron chi connectivity index (χ2n) is 7.73. The molecule has 2 aromatic rings. The Kier molecular flexibility index (Phi) is 8.19. The van der Waals surface area contributed by atoms with Gasteiger partial charge in [0.25, 0.3) is 10.0 Å². The monoisotopic (exact) mass is 506 g/mol. The van der Waals surface area contributed by atoms with Gasteiger partial charge in [-0.15, -0.1) is 5.92 Å². The van der Waals surface area contributed by atoms with Crippen molar-refractivity contribution in [3.63, 3.8) is 0 Å². The highest BCUT2D eigenvalue weighted by molar-refractivity contribution is 7.91. The molecule has 182 valence electrons. The molecule has 0 spiro atoms. The van der Waals surface area contributed by atoms with E-state index in [4.69, 9.17) is 4.74 Å². The molecule has 0 radical (unpaired) electrons. The average Bonchev–Trinajstić information content (AvgIpc) is 2.79. The molecule has 0 aromatic heterocycles. The van der Waals surface area contributed by atoms with Gasteiger partial charge in [-0.05, 0) is 80.9 Å². The molecule has 0 aliphatic carbocycles. The summed E-state index contributed by atoms with van der Waals surface area (Å²) in [5.74, 6) is 3.77. The first kappa shape index (κ1) is 25.6. The predicted octanol–water partition coefficient (Wildman–Crippen LogP) is 1.57. The molecule has 9 nitrogen and oxygen atoms in total. The average molecular weight is 507 g/mol. The highest BCUT2D eigenvalue weighted by Gasteiger charge is 2.29. The topological polar surface area (TPSA) is 139 Å². The number of carbonyl (C=O) groups is 1. The van der Waals surface area contributed by atoms with Crippen LogP contribution >= 0.6 is 0 Å². The third kappa shape index (κ3) is 6.50. The third-order valence-electron chi connectivity index (χ3n) is 5.29. The van der Waals surface area contributed by atoms with Crippen molar-refractivity contribution in [2.45, 2.75) is 35.3 Å². The van der Waals surface area contributed by atoms with E-state index in [1.54, 1.807) is 6.92 Å². The zero-order valence-corrected chi connectivity index (χ0v) is 20.2. The molecular formula is C23H26N2O7S2. The van der Waals surface area contributed by atoms with Gasteiger partial charge in [0.1, 0.15) is 18.1 Å². The van der Waals surface area contributed by atoms with Crippen molar-refractivity contribution in [2.24, 2.45) is 5.92 Å². The summed E-state index contributed by atoms with van der Waals surface area (Å²) in [5.41, 5.74) is -0.149. The zero-order chi connectivity index (χ0) is 24.8. The summed E-state index contributed by atoms with van der Waals surface area (Å²) in [6.45, 7) is 3.05. The lowest BCUT2D eigenvalue weighted by Gasteiger charge is -2.22. The standard InChI is InChI=1S/C23H26N2O7S2/c1-2-3-14-32-20-5-7-21(8-6-20)33(28,29)16-18-15-19(26)4-9-22(18)34(30,31)25-23(27)17-10-12-24-13-11-17/h4-9,15,17,24,26H,10-14,16H2,1H3,(H,25,27). The van der Waals surface area contributed by atoms with Crippen LogP contribution in [0.4, 0.5) is 0 Å².